The molecule has 382 valence electrons. The highest BCUT2D eigenvalue weighted by Crippen LogP contribution is 2.43. The summed E-state index contributed by atoms with van der Waals surface area (Å²) in [5.74, 6) is 0. The molecule has 8 aromatic rings. The van der Waals surface area contributed by atoms with Gasteiger partial charge < -0.3 is 32.9 Å². The zero-order valence-corrected chi connectivity index (χ0v) is 46.2. The monoisotopic (exact) mass is 1090 g/mol. The molecule has 0 saturated carbocycles. The van der Waals surface area contributed by atoms with Crippen LogP contribution in [0.15, 0.2) is 155 Å². The van der Waals surface area contributed by atoms with Crippen LogP contribution in [0, 0.1) is 0 Å². The zero-order chi connectivity index (χ0) is 53.0. The van der Waals surface area contributed by atoms with Crippen LogP contribution >= 0.6 is 15.9 Å². The molecule has 3 saturated heterocycles. The summed E-state index contributed by atoms with van der Waals surface area (Å²) in [4.78, 5) is 16.0. The molecule has 2 aromatic carbocycles. The average molecular weight is 1090 g/mol. The van der Waals surface area contributed by atoms with Crippen molar-refractivity contribution in [3.05, 3.63) is 145 Å². The van der Waals surface area contributed by atoms with E-state index < -0.39 is 52.4 Å². The SMILES string of the molecule is CC1(C)OB(B2OC(C)(C)C(C)(C)O2)OC1(C)C.CC1(C)OB(c2cn(S(=O)(=O)c3ccccc3)c3ncccc23)OC1(C)C.O=S(=O)(c1ccccc1)n1cc(Br)c2cccnc21.c1cnc2[nH]ccc2c1. The molecule has 16 nitrogen and oxygen atoms in total. The highest BCUT2D eigenvalue weighted by atomic mass is 79.9. The molecule has 3 aliphatic rings. The van der Waals surface area contributed by atoms with Gasteiger partial charge in [0.2, 0.25) is 0 Å². The molecule has 22 heteroatoms. The lowest BCUT2D eigenvalue weighted by molar-refractivity contribution is 0.00578. The predicted octanol–water partition coefficient (Wildman–Crippen LogP) is 9.42. The van der Waals surface area contributed by atoms with Crippen molar-refractivity contribution < 1.29 is 44.8 Å². The van der Waals surface area contributed by atoms with Gasteiger partial charge in [-0.15, -0.1) is 0 Å². The second-order valence-electron chi connectivity index (χ2n) is 20.8. The molecule has 0 bridgehead atoms. The third kappa shape index (κ3) is 10.6. The topological polar surface area (TPSA) is 188 Å². The fourth-order valence-corrected chi connectivity index (χ4v) is 11.2. The van der Waals surface area contributed by atoms with Gasteiger partial charge in [-0.25, -0.2) is 39.7 Å². The van der Waals surface area contributed by atoms with Crippen LogP contribution in [0.4, 0.5) is 0 Å². The van der Waals surface area contributed by atoms with Crippen molar-refractivity contribution in [1.82, 2.24) is 27.9 Å². The van der Waals surface area contributed by atoms with E-state index in [1.54, 1.807) is 97.6 Å². The van der Waals surface area contributed by atoms with Gasteiger partial charge in [0.05, 0.1) is 43.4 Å². The Kier molecular flexibility index (Phi) is 14.7. The summed E-state index contributed by atoms with van der Waals surface area (Å²) < 4.78 is 90.7. The molecule has 1 N–H and O–H groups in total. The largest absolute Gasteiger partial charge is 0.497 e. The number of fused-ring (bicyclic) bond motifs is 3. The molecule has 0 radical (unpaired) electrons. The first kappa shape index (κ1) is 54.1. The van der Waals surface area contributed by atoms with Crippen molar-refractivity contribution in [3.8, 4) is 0 Å². The summed E-state index contributed by atoms with van der Waals surface area (Å²) in [5.41, 5.74) is -0.109. The van der Waals surface area contributed by atoms with Crippen LogP contribution in [-0.4, -0.2) is 99.5 Å². The van der Waals surface area contributed by atoms with Gasteiger partial charge >= 0.3 is 21.1 Å². The number of nitrogens with one attached hydrogen (secondary N) is 1. The van der Waals surface area contributed by atoms with Crippen LogP contribution in [0.5, 0.6) is 0 Å². The van der Waals surface area contributed by atoms with Gasteiger partial charge in [0.15, 0.2) is 11.3 Å². The molecule has 0 atom stereocenters. The second-order valence-corrected chi connectivity index (χ2v) is 25.3. The molecule has 6 aromatic heterocycles. The van der Waals surface area contributed by atoms with Crippen molar-refractivity contribution >= 4 is 95.7 Å². The minimum absolute atomic E-state index is 0.202. The highest BCUT2D eigenvalue weighted by molar-refractivity contribution is 9.10. The van der Waals surface area contributed by atoms with Gasteiger partial charge in [0, 0.05) is 63.3 Å². The summed E-state index contributed by atoms with van der Waals surface area (Å²) in [6.07, 6.45) is 9.90. The number of hydrogen-bond acceptors (Lipinski definition) is 13. The van der Waals surface area contributed by atoms with Crippen molar-refractivity contribution in [2.45, 2.75) is 126 Å². The molecular weight excluding hydrogens is 1030 g/mol. The van der Waals surface area contributed by atoms with Crippen LogP contribution < -0.4 is 5.46 Å². The van der Waals surface area contributed by atoms with Gasteiger partial charge in [-0.05, 0) is 166 Å². The summed E-state index contributed by atoms with van der Waals surface area (Å²) in [5, 5.41) is 2.62. The molecule has 3 fully saturated rings. The van der Waals surface area contributed by atoms with E-state index in [-0.39, 0.29) is 32.2 Å². The third-order valence-electron chi connectivity index (χ3n) is 14.2. The van der Waals surface area contributed by atoms with Gasteiger partial charge in [-0.1, -0.05) is 36.4 Å². The lowest BCUT2D eigenvalue weighted by atomic mass is 9.49. The second kappa shape index (κ2) is 19.8. The van der Waals surface area contributed by atoms with Crippen LogP contribution in [0.25, 0.3) is 33.1 Å². The van der Waals surface area contributed by atoms with Crippen LogP contribution in [0.3, 0.4) is 0 Å². The standard InChI is InChI=1S/C19H21BN2O4S.C13H9BrN2O2S.C12H24B2O4.C7H6N2/c1-18(2)19(3,4)26-20(25-18)16-13-22(17-15(16)11-8-12-21-17)27(23,24)14-9-6-5-7-10-14;14-12-9-16(13-11(12)7-4-8-15-13)19(17,18)10-5-2-1-3-6-10;1-9(2)10(3,4)16-13(15-9)14-17-11(5,6)12(7,8)18-14;1-2-6-3-5-9-7(6)8-4-1/h5-13H,1-4H3;1-9H;1-8H3;1-5H,(H,8,9). The van der Waals surface area contributed by atoms with E-state index in [1.165, 1.54) is 14.1 Å². The molecule has 9 heterocycles. The fraction of sp³-hybridized carbons (Fsp3) is 0.353. The van der Waals surface area contributed by atoms with E-state index in [2.05, 4.69) is 35.9 Å². The van der Waals surface area contributed by atoms with Crippen LogP contribution in [-0.2, 0) is 48.0 Å². The van der Waals surface area contributed by atoms with Gasteiger partial charge in [0.25, 0.3) is 20.0 Å². The normalized spacial score (nSPS) is 19.2. The van der Waals surface area contributed by atoms with Gasteiger partial charge in [0.1, 0.15) is 5.65 Å². The smallest absolute Gasteiger partial charge is 0.405 e. The number of rotatable bonds is 6. The number of aromatic nitrogens is 6. The van der Waals surface area contributed by atoms with Crippen LogP contribution in [0.1, 0.15) is 83.1 Å². The number of hydrogen-bond donors (Lipinski definition) is 1. The Balaban J connectivity index is 0.000000137. The number of nitrogens with zero attached hydrogens (tertiary/aromatic N) is 5. The fourth-order valence-electron chi connectivity index (χ4n) is 7.87. The Morgan fingerprint density at radius 1 is 0.479 bits per heavy atom. The van der Waals surface area contributed by atoms with E-state index in [0.29, 0.717) is 26.6 Å². The van der Waals surface area contributed by atoms with E-state index in [0.717, 1.165) is 16.4 Å². The minimum atomic E-state index is -3.79. The quantitative estimate of drug-likeness (QED) is 0.155. The lowest BCUT2D eigenvalue weighted by Crippen LogP contribution is -2.41. The summed E-state index contributed by atoms with van der Waals surface area (Å²) >= 11 is 3.36. The molecule has 11 rings (SSSR count). The maximum Gasteiger partial charge on any atom is 0.497 e. The molecule has 0 aliphatic carbocycles. The van der Waals surface area contributed by atoms with Crippen molar-refractivity contribution in [3.63, 3.8) is 0 Å². The first-order chi connectivity index (χ1) is 34.1. The first-order valence-corrected chi connectivity index (χ1v) is 27.4. The van der Waals surface area contributed by atoms with E-state index in [1.807, 2.05) is 120 Å². The summed E-state index contributed by atoms with van der Waals surface area (Å²) in [7, 11) is -9.03. The van der Waals surface area contributed by atoms with Gasteiger partial charge in [-0.3, -0.25) is 0 Å². The number of aromatic amines is 1. The number of benzene rings is 2. The highest BCUT2D eigenvalue weighted by Gasteiger charge is 2.64. The third-order valence-corrected chi connectivity index (χ3v) is 18.2. The van der Waals surface area contributed by atoms with E-state index in [9.17, 15) is 16.8 Å². The van der Waals surface area contributed by atoms with Crippen LogP contribution in [0.2, 0.25) is 0 Å². The maximum atomic E-state index is 13.2. The van der Waals surface area contributed by atoms with Gasteiger partial charge in [-0.2, -0.15) is 0 Å². The lowest BCUT2D eigenvalue weighted by Gasteiger charge is -2.32. The van der Waals surface area contributed by atoms with Crippen molar-refractivity contribution in [2.24, 2.45) is 0 Å². The maximum absolute atomic E-state index is 13.2. The zero-order valence-electron chi connectivity index (χ0n) is 43.0. The number of halogens is 1. The minimum Gasteiger partial charge on any atom is -0.405 e. The molecule has 0 amide bonds. The number of pyridine rings is 3. The van der Waals surface area contributed by atoms with Crippen molar-refractivity contribution in [2.75, 3.05) is 0 Å². The van der Waals surface area contributed by atoms with E-state index in [4.69, 9.17) is 27.9 Å². The Labute approximate surface area is 437 Å². The molecule has 0 unspecified atom stereocenters. The Morgan fingerprint density at radius 3 is 1.34 bits per heavy atom. The van der Waals surface area contributed by atoms with E-state index >= 15 is 0 Å². The Bertz CT molecular complexity index is 3370. The van der Waals surface area contributed by atoms with Crippen molar-refractivity contribution in [1.29, 1.82) is 0 Å². The number of H-pyrrole nitrogens is 1. The Morgan fingerprint density at radius 2 is 0.877 bits per heavy atom. The summed E-state index contributed by atoms with van der Waals surface area (Å²) in [6.45, 7) is 24.1. The molecule has 3 aliphatic heterocycles. The molecular formula is C51H60B3BrN6O10S2. The molecule has 73 heavy (non-hydrogen) atoms. The average Bonchev–Trinajstić information content (AvgIpc) is 4.17. The first-order valence-electron chi connectivity index (χ1n) is 23.7. The Hall–Kier alpha value is -5.16. The predicted molar refractivity (Wildman–Crippen MR) is 289 cm³/mol. The molecule has 0 spiro atoms. The summed E-state index contributed by atoms with van der Waals surface area (Å²) in [6, 6.07) is 29.8.